The molecule has 1 saturated heterocycles. The average Bonchev–Trinajstić information content (AvgIpc) is 2.74. The minimum Gasteiger partial charge on any atom is -0.381 e. The first-order chi connectivity index (χ1) is 8.54. The van der Waals surface area contributed by atoms with Gasteiger partial charge in [0.15, 0.2) is 0 Å². The maximum Gasteiger partial charge on any atom is 0.296 e. The summed E-state index contributed by atoms with van der Waals surface area (Å²) >= 11 is 0. The predicted octanol–water partition coefficient (Wildman–Crippen LogP) is 1.51. The Hall–Kier alpha value is -0.660. The molecule has 6 nitrogen and oxygen atoms in total. The van der Waals surface area contributed by atoms with Gasteiger partial charge in [0.2, 0.25) is 0 Å². The summed E-state index contributed by atoms with van der Waals surface area (Å²) in [5, 5.41) is 7.55. The van der Waals surface area contributed by atoms with Gasteiger partial charge in [-0.2, -0.15) is 0 Å². The minimum atomic E-state index is -3.85. The number of hydrogen-bond acceptors (Lipinski definition) is 5. The van der Waals surface area contributed by atoms with Crippen LogP contribution in [0.15, 0.2) is 5.16 Å². The number of aromatic nitrogens is 3. The van der Waals surface area contributed by atoms with Gasteiger partial charge in [0.05, 0.1) is 6.61 Å². The molecule has 0 N–H and O–H groups in total. The summed E-state index contributed by atoms with van der Waals surface area (Å²) in [6.07, 6.45) is 2.68. The standard InChI is InChI=1S/C10H16ClN3O3S/c1-2-5-14-9(8-4-3-6-17-7-8)12-13-10(14)18(11,15)16/h8H,2-7H2,1H3. The smallest absolute Gasteiger partial charge is 0.296 e. The Balaban J connectivity index is 2.38. The van der Waals surface area contributed by atoms with E-state index in [1.807, 2.05) is 6.92 Å². The molecule has 1 aromatic heterocycles. The Kier molecular flexibility index (Phi) is 4.24. The van der Waals surface area contributed by atoms with E-state index in [9.17, 15) is 8.42 Å². The molecule has 0 aromatic carbocycles. The summed E-state index contributed by atoms with van der Waals surface area (Å²) in [7, 11) is 1.52. The lowest BCUT2D eigenvalue weighted by molar-refractivity contribution is 0.0767. The normalized spacial score (nSPS) is 21.1. The fourth-order valence-corrected chi connectivity index (χ4v) is 3.09. The molecule has 0 aliphatic carbocycles. The third-order valence-electron chi connectivity index (χ3n) is 2.94. The number of ether oxygens (including phenoxy) is 1. The molecule has 102 valence electrons. The first kappa shape index (κ1) is 13.8. The van der Waals surface area contributed by atoms with Crippen molar-refractivity contribution >= 4 is 19.7 Å². The maximum absolute atomic E-state index is 11.4. The van der Waals surface area contributed by atoms with Crippen molar-refractivity contribution in [2.24, 2.45) is 0 Å². The van der Waals surface area contributed by atoms with Crippen molar-refractivity contribution < 1.29 is 13.2 Å². The third-order valence-corrected chi connectivity index (χ3v) is 4.09. The Labute approximate surface area is 111 Å². The summed E-state index contributed by atoms with van der Waals surface area (Å²) in [6.45, 7) is 3.81. The number of hydrogen-bond donors (Lipinski definition) is 0. The maximum atomic E-state index is 11.4. The summed E-state index contributed by atoms with van der Waals surface area (Å²) in [6, 6.07) is 0. The van der Waals surface area contributed by atoms with Crippen LogP contribution in [0, 0.1) is 0 Å². The highest BCUT2D eigenvalue weighted by Gasteiger charge is 2.27. The van der Waals surface area contributed by atoms with Gasteiger partial charge in [-0.1, -0.05) is 6.92 Å². The molecule has 0 radical (unpaired) electrons. The molecule has 1 aliphatic rings. The highest BCUT2D eigenvalue weighted by molar-refractivity contribution is 8.13. The van der Waals surface area contributed by atoms with Crippen molar-refractivity contribution in [3.05, 3.63) is 5.82 Å². The van der Waals surface area contributed by atoms with Gasteiger partial charge >= 0.3 is 0 Å². The predicted molar refractivity (Wildman–Crippen MR) is 66.1 cm³/mol. The van der Waals surface area contributed by atoms with Crippen LogP contribution in [0.4, 0.5) is 0 Å². The second kappa shape index (κ2) is 5.54. The van der Waals surface area contributed by atoms with E-state index in [2.05, 4.69) is 10.2 Å². The zero-order chi connectivity index (χ0) is 13.2. The summed E-state index contributed by atoms with van der Waals surface area (Å²) in [5.74, 6) is 0.765. The first-order valence-electron chi connectivity index (χ1n) is 5.99. The van der Waals surface area contributed by atoms with E-state index in [0.717, 1.165) is 25.9 Å². The summed E-state index contributed by atoms with van der Waals surface area (Å²) in [4.78, 5) is 0. The van der Waals surface area contributed by atoms with E-state index in [0.29, 0.717) is 19.0 Å². The van der Waals surface area contributed by atoms with Crippen LogP contribution in [-0.4, -0.2) is 36.4 Å². The molecule has 18 heavy (non-hydrogen) atoms. The lowest BCUT2D eigenvalue weighted by atomic mass is 10.0. The fourth-order valence-electron chi connectivity index (χ4n) is 2.16. The van der Waals surface area contributed by atoms with Gasteiger partial charge in [-0.3, -0.25) is 0 Å². The van der Waals surface area contributed by atoms with E-state index in [4.69, 9.17) is 15.4 Å². The van der Waals surface area contributed by atoms with Crippen LogP contribution in [0.2, 0.25) is 0 Å². The molecule has 2 heterocycles. The molecule has 0 spiro atoms. The van der Waals surface area contributed by atoms with Crippen LogP contribution in [-0.2, 0) is 20.3 Å². The molecule has 1 aliphatic heterocycles. The van der Waals surface area contributed by atoms with Gasteiger partial charge in [0.25, 0.3) is 14.2 Å². The number of nitrogens with zero attached hydrogens (tertiary/aromatic N) is 3. The van der Waals surface area contributed by atoms with Crippen molar-refractivity contribution in [1.82, 2.24) is 14.8 Å². The van der Waals surface area contributed by atoms with Crippen molar-refractivity contribution in [2.75, 3.05) is 13.2 Å². The second-order valence-electron chi connectivity index (χ2n) is 4.34. The van der Waals surface area contributed by atoms with Crippen molar-refractivity contribution in [3.63, 3.8) is 0 Å². The lowest BCUT2D eigenvalue weighted by Crippen LogP contribution is -2.20. The van der Waals surface area contributed by atoms with Crippen molar-refractivity contribution in [3.8, 4) is 0 Å². The Morgan fingerprint density at radius 2 is 2.28 bits per heavy atom. The van der Waals surface area contributed by atoms with E-state index < -0.39 is 9.05 Å². The molecule has 0 saturated carbocycles. The summed E-state index contributed by atoms with van der Waals surface area (Å²) in [5.41, 5.74) is 0. The molecular formula is C10H16ClN3O3S. The van der Waals surface area contributed by atoms with Gasteiger partial charge in [-0.05, 0) is 19.3 Å². The molecule has 2 rings (SSSR count). The quantitative estimate of drug-likeness (QED) is 0.787. The van der Waals surface area contributed by atoms with E-state index >= 15 is 0 Å². The lowest BCUT2D eigenvalue weighted by Gasteiger charge is -2.21. The van der Waals surface area contributed by atoms with Crippen LogP contribution in [0.1, 0.15) is 37.9 Å². The van der Waals surface area contributed by atoms with Gasteiger partial charge in [0, 0.05) is 29.8 Å². The Morgan fingerprint density at radius 3 is 2.83 bits per heavy atom. The van der Waals surface area contributed by atoms with Crippen LogP contribution >= 0.6 is 10.7 Å². The molecule has 1 unspecified atom stereocenters. The highest BCUT2D eigenvalue weighted by atomic mass is 35.7. The molecule has 1 atom stereocenters. The topological polar surface area (TPSA) is 74.1 Å². The second-order valence-corrected chi connectivity index (χ2v) is 6.80. The molecule has 0 bridgehead atoms. The largest absolute Gasteiger partial charge is 0.381 e. The fraction of sp³-hybridized carbons (Fsp3) is 0.800. The Bertz CT molecular complexity index is 508. The zero-order valence-electron chi connectivity index (χ0n) is 10.2. The van der Waals surface area contributed by atoms with Gasteiger partial charge in [0.1, 0.15) is 5.82 Å². The summed E-state index contributed by atoms with van der Waals surface area (Å²) < 4.78 is 29.9. The Morgan fingerprint density at radius 1 is 1.50 bits per heavy atom. The van der Waals surface area contributed by atoms with Crippen molar-refractivity contribution in [2.45, 2.75) is 43.8 Å². The van der Waals surface area contributed by atoms with Gasteiger partial charge in [-0.25, -0.2) is 8.42 Å². The van der Waals surface area contributed by atoms with E-state index in [-0.39, 0.29) is 11.1 Å². The molecule has 1 fully saturated rings. The van der Waals surface area contributed by atoms with E-state index in [1.54, 1.807) is 4.57 Å². The number of rotatable bonds is 4. The highest BCUT2D eigenvalue weighted by Crippen LogP contribution is 2.26. The first-order valence-corrected chi connectivity index (χ1v) is 8.30. The molecule has 1 aromatic rings. The third kappa shape index (κ3) is 2.84. The van der Waals surface area contributed by atoms with Crippen LogP contribution in [0.5, 0.6) is 0 Å². The van der Waals surface area contributed by atoms with Crippen LogP contribution in [0.3, 0.4) is 0 Å². The van der Waals surface area contributed by atoms with Gasteiger partial charge in [-0.15, -0.1) is 10.2 Å². The molecule has 0 amide bonds. The molecular weight excluding hydrogens is 278 g/mol. The van der Waals surface area contributed by atoms with Crippen LogP contribution < -0.4 is 0 Å². The van der Waals surface area contributed by atoms with E-state index in [1.165, 1.54) is 0 Å². The minimum absolute atomic E-state index is 0.102. The number of halogens is 1. The monoisotopic (exact) mass is 293 g/mol. The zero-order valence-corrected chi connectivity index (χ0v) is 11.7. The average molecular weight is 294 g/mol. The SMILES string of the molecule is CCCn1c(C2CCCOC2)nnc1S(=O)(=O)Cl. The molecule has 8 heteroatoms. The van der Waals surface area contributed by atoms with Gasteiger partial charge < -0.3 is 9.30 Å². The van der Waals surface area contributed by atoms with Crippen molar-refractivity contribution in [1.29, 1.82) is 0 Å². The van der Waals surface area contributed by atoms with Crippen LogP contribution in [0.25, 0.3) is 0 Å².